The zero-order valence-electron chi connectivity index (χ0n) is 20.6. The predicted octanol–water partition coefficient (Wildman–Crippen LogP) is 6.35. The Morgan fingerprint density at radius 2 is 1.95 bits per heavy atom. The molecule has 37 heavy (non-hydrogen) atoms. The zero-order valence-corrected chi connectivity index (χ0v) is 21.4. The van der Waals surface area contributed by atoms with Crippen molar-refractivity contribution in [2.75, 3.05) is 36.9 Å². The van der Waals surface area contributed by atoms with Crippen LogP contribution in [0.4, 0.5) is 21.5 Å². The lowest BCUT2D eigenvalue weighted by molar-refractivity contribution is -0.138. The van der Waals surface area contributed by atoms with E-state index in [9.17, 15) is 4.79 Å². The number of nitrogens with one attached hydrogen (secondary N) is 1. The van der Waals surface area contributed by atoms with Crippen molar-refractivity contribution in [2.45, 2.75) is 23.7 Å². The van der Waals surface area contributed by atoms with Crippen molar-refractivity contribution < 1.29 is 14.3 Å². The van der Waals surface area contributed by atoms with Gasteiger partial charge in [0.2, 0.25) is 0 Å². The van der Waals surface area contributed by atoms with Gasteiger partial charge >= 0.3 is 5.97 Å². The van der Waals surface area contributed by atoms with Crippen LogP contribution < -0.4 is 11.1 Å². The number of likely N-dealkylation sites (tertiary alicyclic amines) is 1. The first-order chi connectivity index (χ1) is 17.9. The number of nitrogens with zero attached hydrogens (tertiary/aromatic N) is 2. The number of nitrogen functional groups attached to an aromatic ring is 1. The van der Waals surface area contributed by atoms with Gasteiger partial charge in [0, 0.05) is 39.1 Å². The topological polar surface area (TPSA) is 91.5 Å². The maximum absolute atomic E-state index is 15.4. The molecular weight excluding hydrogens is 487 g/mol. The molecule has 3 aromatic carbocycles. The second kappa shape index (κ2) is 10.8. The molecule has 0 spiro atoms. The highest BCUT2D eigenvalue weighted by Crippen LogP contribution is 2.35. The van der Waals surface area contributed by atoms with Gasteiger partial charge in [0.1, 0.15) is 5.82 Å². The summed E-state index contributed by atoms with van der Waals surface area (Å²) in [5, 5.41) is 13.3. The lowest BCUT2D eigenvalue weighted by Gasteiger charge is -2.31. The number of hydrogen-bond acceptors (Lipinski definition) is 6. The fourth-order valence-electron chi connectivity index (χ4n) is 5.03. The number of thioether (sulfide) groups is 1. The molecule has 4 aromatic rings. The second-order valence-corrected chi connectivity index (χ2v) is 10.2. The van der Waals surface area contributed by atoms with Crippen molar-refractivity contribution in [1.82, 2.24) is 9.88 Å². The minimum Gasteiger partial charge on any atom is -0.480 e. The predicted molar refractivity (Wildman–Crippen MR) is 149 cm³/mol. The van der Waals surface area contributed by atoms with Gasteiger partial charge in [-0.15, -0.1) is 11.8 Å². The van der Waals surface area contributed by atoms with Gasteiger partial charge in [0.15, 0.2) is 0 Å². The molecule has 0 radical (unpaired) electrons. The number of aliphatic carboxylic acids is 1. The van der Waals surface area contributed by atoms with E-state index in [-0.39, 0.29) is 18.3 Å². The maximum atomic E-state index is 15.4. The van der Waals surface area contributed by atoms with Gasteiger partial charge in [-0.1, -0.05) is 18.2 Å². The maximum Gasteiger partial charge on any atom is 0.317 e. The van der Waals surface area contributed by atoms with Crippen LogP contribution in [0.5, 0.6) is 0 Å². The number of carbonyl (C=O) groups is 1. The highest BCUT2D eigenvalue weighted by atomic mass is 32.2. The summed E-state index contributed by atoms with van der Waals surface area (Å²) < 4.78 is 15.4. The number of benzene rings is 3. The van der Waals surface area contributed by atoms with Crippen molar-refractivity contribution in [1.29, 1.82) is 0 Å². The molecule has 0 amide bonds. The van der Waals surface area contributed by atoms with Gasteiger partial charge in [-0.3, -0.25) is 14.7 Å². The number of rotatable bonds is 7. The van der Waals surface area contributed by atoms with E-state index in [0.29, 0.717) is 24.3 Å². The van der Waals surface area contributed by atoms with E-state index >= 15 is 4.39 Å². The zero-order chi connectivity index (χ0) is 25.9. The molecule has 4 N–H and O–H groups in total. The largest absolute Gasteiger partial charge is 0.480 e. The van der Waals surface area contributed by atoms with Crippen LogP contribution >= 0.6 is 11.8 Å². The monoisotopic (exact) mass is 516 g/mol. The van der Waals surface area contributed by atoms with Crippen LogP contribution in [0.15, 0.2) is 71.8 Å². The molecule has 8 heteroatoms. The fourth-order valence-corrected chi connectivity index (χ4v) is 5.52. The Kier molecular flexibility index (Phi) is 7.30. The summed E-state index contributed by atoms with van der Waals surface area (Å²) in [4.78, 5) is 18.4. The molecule has 1 aliphatic rings. The van der Waals surface area contributed by atoms with Crippen LogP contribution in [0.3, 0.4) is 0 Å². The molecule has 1 aromatic heterocycles. The molecule has 0 saturated carbocycles. The van der Waals surface area contributed by atoms with Crippen molar-refractivity contribution >= 4 is 45.7 Å². The van der Waals surface area contributed by atoms with E-state index in [1.165, 1.54) is 0 Å². The lowest BCUT2D eigenvalue weighted by atomic mass is 9.88. The Hall–Kier alpha value is -3.62. The number of hydrogen-bond donors (Lipinski definition) is 3. The highest BCUT2D eigenvalue weighted by molar-refractivity contribution is 7.98. The highest BCUT2D eigenvalue weighted by Gasteiger charge is 2.23. The minimum atomic E-state index is -0.810. The van der Waals surface area contributed by atoms with Gasteiger partial charge < -0.3 is 16.2 Å². The third-order valence-electron chi connectivity index (χ3n) is 6.97. The van der Waals surface area contributed by atoms with E-state index < -0.39 is 5.97 Å². The molecular formula is C29H29FN4O2S. The third-order valence-corrected chi connectivity index (χ3v) is 7.78. The Morgan fingerprint density at radius 1 is 1.14 bits per heavy atom. The number of fused-ring (bicyclic) bond motifs is 1. The standard InChI is InChI=1S/C29H29FN4O2S/c1-37-28-7-4-21(16-25(28)31)33-27-8-11-32-26-6-3-20(14-23(26)27)22-5-2-19(15-24(22)30)18-9-12-34(13-10-18)17-29(35)36/h2-8,11,14-16,18H,9-10,12-13,17,31H2,1H3,(H,32,33)(H,35,36). The van der Waals surface area contributed by atoms with E-state index in [0.717, 1.165) is 51.1 Å². The van der Waals surface area contributed by atoms with E-state index in [1.54, 1.807) is 24.0 Å². The van der Waals surface area contributed by atoms with Gasteiger partial charge in [-0.2, -0.15) is 0 Å². The van der Waals surface area contributed by atoms with Crippen LogP contribution in [0, 0.1) is 5.82 Å². The normalized spacial score (nSPS) is 14.6. The molecule has 1 fully saturated rings. The number of halogens is 1. The molecule has 2 heterocycles. The summed E-state index contributed by atoms with van der Waals surface area (Å²) in [5.74, 6) is -0.839. The first kappa shape index (κ1) is 25.0. The van der Waals surface area contributed by atoms with Crippen LogP contribution in [0.2, 0.25) is 0 Å². The van der Waals surface area contributed by atoms with Crippen molar-refractivity contribution in [2.24, 2.45) is 0 Å². The Balaban J connectivity index is 1.39. The second-order valence-electron chi connectivity index (χ2n) is 9.36. The smallest absolute Gasteiger partial charge is 0.317 e. The number of pyridine rings is 1. The van der Waals surface area contributed by atoms with E-state index in [1.807, 2.05) is 65.8 Å². The van der Waals surface area contributed by atoms with E-state index in [4.69, 9.17) is 10.8 Å². The lowest BCUT2D eigenvalue weighted by Crippen LogP contribution is -2.36. The molecule has 0 aliphatic carbocycles. The summed E-state index contributed by atoms with van der Waals surface area (Å²) in [6.45, 7) is 1.48. The fraction of sp³-hybridized carbons (Fsp3) is 0.241. The van der Waals surface area contributed by atoms with Crippen molar-refractivity contribution in [3.63, 3.8) is 0 Å². The van der Waals surface area contributed by atoms with Gasteiger partial charge in [-0.25, -0.2) is 4.39 Å². The van der Waals surface area contributed by atoms with Crippen LogP contribution in [0.1, 0.15) is 24.3 Å². The van der Waals surface area contributed by atoms with Crippen LogP contribution in [-0.2, 0) is 4.79 Å². The number of nitrogens with two attached hydrogens (primary N) is 1. The van der Waals surface area contributed by atoms with Gasteiger partial charge in [0.25, 0.3) is 0 Å². The Bertz CT molecular complexity index is 1450. The molecule has 0 unspecified atom stereocenters. The van der Waals surface area contributed by atoms with Gasteiger partial charge in [0.05, 0.1) is 12.1 Å². The summed E-state index contributed by atoms with van der Waals surface area (Å²) in [6.07, 6.45) is 5.39. The first-order valence-corrected chi connectivity index (χ1v) is 13.5. The molecule has 190 valence electrons. The van der Waals surface area contributed by atoms with Crippen LogP contribution in [-0.4, -0.2) is 46.8 Å². The molecule has 6 nitrogen and oxygen atoms in total. The van der Waals surface area contributed by atoms with E-state index in [2.05, 4.69) is 10.3 Å². The number of anilines is 3. The number of carboxylic acids is 1. The number of piperidine rings is 1. The quantitative estimate of drug-likeness (QED) is 0.195. The number of aromatic nitrogens is 1. The SMILES string of the molecule is CSc1ccc(Nc2ccnc3ccc(-c4ccc(C5CCN(CC(=O)O)CC5)cc4F)cc23)cc1N. The molecule has 1 aliphatic heterocycles. The molecule has 1 saturated heterocycles. The Morgan fingerprint density at radius 3 is 2.65 bits per heavy atom. The Labute approximate surface area is 219 Å². The summed E-state index contributed by atoms with van der Waals surface area (Å²) >= 11 is 1.60. The molecule has 0 bridgehead atoms. The average Bonchev–Trinajstić information content (AvgIpc) is 2.89. The minimum absolute atomic E-state index is 0.0597. The summed E-state index contributed by atoms with van der Waals surface area (Å²) in [6, 6.07) is 19.0. The molecule has 0 atom stereocenters. The van der Waals surface area contributed by atoms with Crippen molar-refractivity contribution in [3.05, 3.63) is 78.2 Å². The third kappa shape index (κ3) is 5.55. The van der Waals surface area contributed by atoms with Crippen molar-refractivity contribution in [3.8, 4) is 11.1 Å². The van der Waals surface area contributed by atoms with Crippen LogP contribution in [0.25, 0.3) is 22.0 Å². The van der Waals surface area contributed by atoms with Gasteiger partial charge in [-0.05, 0) is 91.7 Å². The summed E-state index contributed by atoms with van der Waals surface area (Å²) in [5.41, 5.74) is 11.7. The summed E-state index contributed by atoms with van der Waals surface area (Å²) in [7, 11) is 0. The average molecular weight is 517 g/mol. The first-order valence-electron chi connectivity index (χ1n) is 12.2. The number of carboxylic acid groups (broad SMARTS) is 1. The molecule has 5 rings (SSSR count).